The monoisotopic (exact) mass is 284 g/mol. The van der Waals surface area contributed by atoms with E-state index < -0.39 is 5.97 Å². The van der Waals surface area contributed by atoms with E-state index in [0.29, 0.717) is 17.4 Å². The first kappa shape index (κ1) is 13.0. The summed E-state index contributed by atoms with van der Waals surface area (Å²) in [6.07, 6.45) is 1.36. The van der Waals surface area contributed by atoms with Crippen LogP contribution >= 0.6 is 0 Å². The Balaban J connectivity index is 2.12. The van der Waals surface area contributed by atoms with Crippen LogP contribution in [0.3, 0.4) is 0 Å². The maximum absolute atomic E-state index is 11.3. The van der Waals surface area contributed by atoms with Crippen molar-refractivity contribution in [2.75, 3.05) is 0 Å². The summed E-state index contributed by atoms with van der Waals surface area (Å²) in [6.45, 7) is 3.66. The van der Waals surface area contributed by atoms with E-state index in [1.807, 2.05) is 6.92 Å². The number of rotatable bonds is 3. The van der Waals surface area contributed by atoms with Crippen molar-refractivity contribution in [3.05, 3.63) is 47.4 Å². The third-order valence-corrected chi connectivity index (χ3v) is 2.93. The Kier molecular flexibility index (Phi) is 3.02. The summed E-state index contributed by atoms with van der Waals surface area (Å²) in [7, 11) is 0. The minimum atomic E-state index is -1.05. The fourth-order valence-corrected chi connectivity index (χ4v) is 1.97. The van der Waals surface area contributed by atoms with E-state index in [1.54, 1.807) is 25.1 Å². The van der Waals surface area contributed by atoms with Gasteiger partial charge in [0.25, 0.3) is 5.78 Å². The van der Waals surface area contributed by atoms with Crippen molar-refractivity contribution in [2.24, 2.45) is 0 Å². The van der Waals surface area contributed by atoms with Gasteiger partial charge >= 0.3 is 5.97 Å². The zero-order chi connectivity index (χ0) is 15.0. The first-order valence-corrected chi connectivity index (χ1v) is 6.24. The molecule has 0 saturated carbocycles. The molecule has 0 aliphatic rings. The smallest absolute Gasteiger partial charge is 0.339 e. The molecule has 7 heteroatoms. The van der Waals surface area contributed by atoms with Crippen molar-refractivity contribution in [2.45, 2.75) is 13.8 Å². The molecule has 1 aromatic carbocycles. The SMILES string of the molecule is Cc1ccc(C(=O)O)c(Oc2cc(C)nc3ncnn23)c1. The lowest BCUT2D eigenvalue weighted by molar-refractivity contribution is 0.0694. The number of benzene rings is 1. The Bertz CT molecular complexity index is 841. The number of fused-ring (bicyclic) bond motifs is 1. The van der Waals surface area contributed by atoms with Crippen molar-refractivity contribution in [1.82, 2.24) is 19.6 Å². The quantitative estimate of drug-likeness (QED) is 0.793. The first-order chi connectivity index (χ1) is 10.0. The molecule has 106 valence electrons. The molecule has 0 aliphatic heterocycles. The number of aryl methyl sites for hydroxylation is 2. The van der Waals surface area contributed by atoms with Gasteiger partial charge in [0.1, 0.15) is 17.6 Å². The number of nitrogens with zero attached hydrogens (tertiary/aromatic N) is 4. The van der Waals surface area contributed by atoms with Crippen molar-refractivity contribution in [1.29, 1.82) is 0 Å². The molecule has 0 radical (unpaired) electrons. The second-order valence-electron chi connectivity index (χ2n) is 4.61. The van der Waals surface area contributed by atoms with E-state index in [-0.39, 0.29) is 11.3 Å². The van der Waals surface area contributed by atoms with Gasteiger partial charge in [0.05, 0.1) is 0 Å². The second-order valence-corrected chi connectivity index (χ2v) is 4.61. The predicted octanol–water partition coefficient (Wildman–Crippen LogP) is 2.23. The van der Waals surface area contributed by atoms with Gasteiger partial charge in [-0.25, -0.2) is 9.78 Å². The molecule has 0 aliphatic carbocycles. The third-order valence-electron chi connectivity index (χ3n) is 2.93. The van der Waals surface area contributed by atoms with E-state index >= 15 is 0 Å². The van der Waals surface area contributed by atoms with E-state index in [1.165, 1.54) is 16.9 Å². The van der Waals surface area contributed by atoms with Gasteiger partial charge in [-0.1, -0.05) is 6.07 Å². The summed E-state index contributed by atoms with van der Waals surface area (Å²) >= 11 is 0. The van der Waals surface area contributed by atoms with E-state index in [0.717, 1.165) is 5.56 Å². The van der Waals surface area contributed by atoms with Gasteiger partial charge in [-0.3, -0.25) is 0 Å². The summed E-state index contributed by atoms with van der Waals surface area (Å²) in [5, 5.41) is 13.3. The van der Waals surface area contributed by atoms with Crippen LogP contribution in [0.4, 0.5) is 0 Å². The minimum Gasteiger partial charge on any atom is -0.478 e. The van der Waals surface area contributed by atoms with E-state index in [4.69, 9.17) is 4.74 Å². The molecule has 0 spiro atoms. The van der Waals surface area contributed by atoms with Crippen LogP contribution < -0.4 is 4.74 Å². The number of aromatic carboxylic acids is 1. The number of carbonyl (C=O) groups is 1. The summed E-state index contributed by atoms with van der Waals surface area (Å²) in [4.78, 5) is 19.5. The van der Waals surface area contributed by atoms with Crippen LogP contribution in [0.1, 0.15) is 21.6 Å². The normalized spacial score (nSPS) is 10.8. The topological polar surface area (TPSA) is 89.6 Å². The number of aromatic nitrogens is 4. The molecule has 0 unspecified atom stereocenters. The summed E-state index contributed by atoms with van der Waals surface area (Å²) in [5.41, 5.74) is 1.69. The number of ether oxygens (including phenoxy) is 1. The zero-order valence-corrected chi connectivity index (χ0v) is 11.4. The van der Waals surface area contributed by atoms with Crippen molar-refractivity contribution in [3.63, 3.8) is 0 Å². The van der Waals surface area contributed by atoms with E-state index in [2.05, 4.69) is 15.1 Å². The number of hydrogen-bond donors (Lipinski definition) is 1. The fourth-order valence-electron chi connectivity index (χ4n) is 1.97. The summed E-state index contributed by atoms with van der Waals surface area (Å²) in [6, 6.07) is 6.58. The van der Waals surface area contributed by atoms with Gasteiger partial charge < -0.3 is 9.84 Å². The molecule has 0 amide bonds. The lowest BCUT2D eigenvalue weighted by atomic mass is 10.1. The average Bonchev–Trinajstić information content (AvgIpc) is 2.86. The molecule has 0 fully saturated rings. The summed E-state index contributed by atoms with van der Waals surface area (Å²) in [5.74, 6) is -0.0341. The molecule has 0 atom stereocenters. The van der Waals surface area contributed by atoms with Gasteiger partial charge in [-0.2, -0.15) is 14.6 Å². The molecule has 7 nitrogen and oxygen atoms in total. The van der Waals surface area contributed by atoms with Crippen LogP contribution in [0.2, 0.25) is 0 Å². The highest BCUT2D eigenvalue weighted by Gasteiger charge is 2.14. The van der Waals surface area contributed by atoms with Crippen LogP contribution in [0.5, 0.6) is 11.6 Å². The maximum Gasteiger partial charge on any atom is 0.339 e. The van der Waals surface area contributed by atoms with Gasteiger partial charge in [-0.05, 0) is 31.5 Å². The zero-order valence-electron chi connectivity index (χ0n) is 11.4. The third kappa shape index (κ3) is 2.40. The Morgan fingerprint density at radius 1 is 1.29 bits per heavy atom. The Hall–Kier alpha value is -2.96. The van der Waals surface area contributed by atoms with Crippen molar-refractivity contribution >= 4 is 11.7 Å². The van der Waals surface area contributed by atoms with E-state index in [9.17, 15) is 9.90 Å². The predicted molar refractivity (Wildman–Crippen MR) is 73.7 cm³/mol. The number of carboxylic acids is 1. The van der Waals surface area contributed by atoms with Gasteiger partial charge in [-0.15, -0.1) is 0 Å². The largest absolute Gasteiger partial charge is 0.478 e. The van der Waals surface area contributed by atoms with Crippen LogP contribution in [0.15, 0.2) is 30.6 Å². The Morgan fingerprint density at radius 2 is 2.10 bits per heavy atom. The highest BCUT2D eigenvalue weighted by atomic mass is 16.5. The Morgan fingerprint density at radius 3 is 2.86 bits per heavy atom. The van der Waals surface area contributed by atoms with Crippen LogP contribution in [-0.2, 0) is 0 Å². The molecule has 0 saturated heterocycles. The highest BCUT2D eigenvalue weighted by Crippen LogP contribution is 2.27. The Labute approximate surface area is 119 Å². The molecule has 3 aromatic rings. The molecule has 2 heterocycles. The second kappa shape index (κ2) is 4.86. The van der Waals surface area contributed by atoms with Crippen molar-refractivity contribution < 1.29 is 14.6 Å². The first-order valence-electron chi connectivity index (χ1n) is 6.24. The highest BCUT2D eigenvalue weighted by molar-refractivity contribution is 5.91. The average molecular weight is 284 g/mol. The molecule has 0 bridgehead atoms. The lowest BCUT2D eigenvalue weighted by Crippen LogP contribution is -2.04. The fraction of sp³-hybridized carbons (Fsp3) is 0.143. The maximum atomic E-state index is 11.3. The molecule has 1 N–H and O–H groups in total. The van der Waals surface area contributed by atoms with Crippen molar-refractivity contribution in [3.8, 4) is 11.6 Å². The standard InChI is InChI=1S/C14H12N4O3/c1-8-3-4-10(13(19)20)11(5-8)21-12-6-9(2)17-14-15-7-16-18(12)14/h3-7H,1-2H3,(H,19,20). The van der Waals surface area contributed by atoms with Crippen LogP contribution in [-0.4, -0.2) is 30.7 Å². The molecular weight excluding hydrogens is 272 g/mol. The van der Waals surface area contributed by atoms with Gasteiger partial charge in [0.2, 0.25) is 5.88 Å². The van der Waals surface area contributed by atoms with Crippen LogP contribution in [0, 0.1) is 13.8 Å². The molecule has 21 heavy (non-hydrogen) atoms. The minimum absolute atomic E-state index is 0.0864. The van der Waals surface area contributed by atoms with Gasteiger partial charge in [0.15, 0.2) is 0 Å². The summed E-state index contributed by atoms with van der Waals surface area (Å²) < 4.78 is 7.16. The van der Waals surface area contributed by atoms with Gasteiger partial charge in [0, 0.05) is 11.8 Å². The lowest BCUT2D eigenvalue weighted by Gasteiger charge is -2.10. The molecule has 3 rings (SSSR count). The molecular formula is C14H12N4O3. The van der Waals surface area contributed by atoms with Crippen LogP contribution in [0.25, 0.3) is 5.78 Å². The number of hydrogen-bond acceptors (Lipinski definition) is 5. The molecule has 2 aromatic heterocycles. The number of carboxylic acid groups (broad SMARTS) is 1.